The van der Waals surface area contributed by atoms with Gasteiger partial charge < -0.3 is 9.84 Å². The summed E-state index contributed by atoms with van der Waals surface area (Å²) >= 11 is 11.6. The van der Waals surface area contributed by atoms with Crippen molar-refractivity contribution in [3.63, 3.8) is 0 Å². The molecule has 0 aliphatic heterocycles. The van der Waals surface area contributed by atoms with Crippen LogP contribution in [0.3, 0.4) is 0 Å². The van der Waals surface area contributed by atoms with E-state index in [2.05, 4.69) is 9.72 Å². The molecule has 0 amide bonds. The van der Waals surface area contributed by atoms with Gasteiger partial charge in [-0.25, -0.2) is 9.78 Å². The Balaban J connectivity index is 3.45. The number of carbonyl (C=O) groups is 1. The highest BCUT2D eigenvalue weighted by Crippen LogP contribution is 2.32. The van der Waals surface area contributed by atoms with E-state index in [1.54, 1.807) is 6.07 Å². The van der Waals surface area contributed by atoms with E-state index in [-0.39, 0.29) is 27.0 Å². The van der Waals surface area contributed by atoms with E-state index >= 15 is 0 Å². The molecule has 0 spiro atoms. The van der Waals surface area contributed by atoms with Crippen LogP contribution in [0.15, 0.2) is 0 Å². The van der Waals surface area contributed by atoms with Gasteiger partial charge >= 0.3 is 5.97 Å². The molecule has 0 saturated carbocycles. The maximum absolute atomic E-state index is 11.2. The first-order valence-corrected chi connectivity index (χ1v) is 5.21. The second-order valence-electron chi connectivity index (χ2n) is 3.13. The van der Waals surface area contributed by atoms with E-state index in [9.17, 15) is 9.90 Å². The molecule has 90 valence electrons. The third kappa shape index (κ3) is 2.50. The van der Waals surface area contributed by atoms with Gasteiger partial charge in [0.1, 0.15) is 16.8 Å². The molecule has 0 aliphatic rings. The van der Waals surface area contributed by atoms with Crippen LogP contribution in [0.5, 0.6) is 0 Å². The number of aliphatic hydroxyl groups is 1. The number of aromatic nitrogens is 1. The number of aryl methyl sites for hydroxylation is 1. The molecule has 1 heterocycles. The number of halogens is 2. The van der Waals surface area contributed by atoms with Crippen molar-refractivity contribution >= 4 is 29.2 Å². The molecule has 7 heteroatoms. The normalized spacial score (nSPS) is 11.8. The van der Waals surface area contributed by atoms with Crippen molar-refractivity contribution in [2.24, 2.45) is 0 Å². The van der Waals surface area contributed by atoms with Crippen LogP contribution in [0.25, 0.3) is 0 Å². The summed E-state index contributed by atoms with van der Waals surface area (Å²) in [5.41, 5.74) is 0.202. The first-order chi connectivity index (χ1) is 7.93. The van der Waals surface area contributed by atoms with Gasteiger partial charge in [0.15, 0.2) is 6.10 Å². The number of hydrogen-bond donors (Lipinski definition) is 1. The Labute approximate surface area is 108 Å². The summed E-state index contributed by atoms with van der Waals surface area (Å²) in [6, 6.07) is 1.75. The molecule has 0 aromatic carbocycles. The number of rotatable bonds is 2. The summed E-state index contributed by atoms with van der Waals surface area (Å²) in [5.74, 6) is -0.886. The molecule has 0 bridgehead atoms. The van der Waals surface area contributed by atoms with Crippen LogP contribution in [0.4, 0.5) is 0 Å². The van der Waals surface area contributed by atoms with Crippen molar-refractivity contribution in [1.82, 2.24) is 4.98 Å². The predicted molar refractivity (Wildman–Crippen MR) is 60.7 cm³/mol. The summed E-state index contributed by atoms with van der Waals surface area (Å²) in [7, 11) is 1.13. The average molecular weight is 275 g/mol. The number of pyridine rings is 1. The van der Waals surface area contributed by atoms with Crippen molar-refractivity contribution in [2.45, 2.75) is 13.0 Å². The van der Waals surface area contributed by atoms with Gasteiger partial charge in [-0.15, -0.1) is 0 Å². The molecule has 1 atom stereocenters. The zero-order chi connectivity index (χ0) is 13.2. The largest absolute Gasteiger partial charge is 0.467 e. The monoisotopic (exact) mass is 274 g/mol. The highest BCUT2D eigenvalue weighted by Gasteiger charge is 2.26. The lowest BCUT2D eigenvalue weighted by atomic mass is 10.1. The van der Waals surface area contributed by atoms with Gasteiger partial charge in [0.05, 0.1) is 12.1 Å². The molecule has 0 fully saturated rings. The van der Waals surface area contributed by atoms with Crippen molar-refractivity contribution in [1.29, 1.82) is 5.26 Å². The lowest BCUT2D eigenvalue weighted by Gasteiger charge is -2.14. The fourth-order valence-electron chi connectivity index (χ4n) is 1.29. The Hall–Kier alpha value is -1.35. The number of aliphatic hydroxyl groups excluding tert-OH is 1. The topological polar surface area (TPSA) is 83.2 Å². The van der Waals surface area contributed by atoms with Crippen molar-refractivity contribution in [3.05, 3.63) is 27.0 Å². The summed E-state index contributed by atoms with van der Waals surface area (Å²) in [6.45, 7) is 1.51. The molecule has 1 aromatic rings. The standard InChI is InChI=1S/C10H8Cl2N2O3/c1-4-6(8(15)10(16)17-2)7(11)5(3-13)9(12)14-4/h8,15H,1-2H3/t8-/m0/s1. The van der Waals surface area contributed by atoms with E-state index in [1.807, 2.05) is 0 Å². The lowest BCUT2D eigenvalue weighted by Crippen LogP contribution is -2.16. The van der Waals surface area contributed by atoms with Crippen LogP contribution < -0.4 is 0 Å². The highest BCUT2D eigenvalue weighted by atomic mass is 35.5. The van der Waals surface area contributed by atoms with Gasteiger partial charge in [-0.2, -0.15) is 5.26 Å². The smallest absolute Gasteiger partial charge is 0.339 e. The van der Waals surface area contributed by atoms with Crippen molar-refractivity contribution < 1.29 is 14.6 Å². The molecule has 0 unspecified atom stereocenters. The number of carbonyl (C=O) groups excluding carboxylic acids is 1. The zero-order valence-corrected chi connectivity index (χ0v) is 10.5. The lowest BCUT2D eigenvalue weighted by molar-refractivity contribution is -0.150. The predicted octanol–water partition coefficient (Wildman–Crippen LogP) is 1.77. The van der Waals surface area contributed by atoms with Gasteiger partial charge in [0.25, 0.3) is 0 Å². The first kappa shape index (κ1) is 13.7. The molecule has 0 aliphatic carbocycles. The molecule has 5 nitrogen and oxygen atoms in total. The van der Waals surface area contributed by atoms with E-state index in [0.717, 1.165) is 7.11 Å². The maximum atomic E-state index is 11.2. The van der Waals surface area contributed by atoms with Crippen molar-refractivity contribution in [3.8, 4) is 6.07 Å². The number of ether oxygens (including phenoxy) is 1. The number of nitrogens with zero attached hydrogens (tertiary/aromatic N) is 2. The SMILES string of the molecule is COC(=O)[C@@H](O)c1c(C)nc(Cl)c(C#N)c1Cl. The van der Waals surface area contributed by atoms with Gasteiger partial charge in [-0.05, 0) is 6.92 Å². The fourth-order valence-corrected chi connectivity index (χ4v) is 1.97. The fraction of sp³-hybridized carbons (Fsp3) is 0.300. The Morgan fingerprint density at radius 1 is 1.59 bits per heavy atom. The van der Waals surface area contributed by atoms with Crippen LogP contribution in [-0.2, 0) is 9.53 Å². The van der Waals surface area contributed by atoms with E-state index in [4.69, 9.17) is 28.5 Å². The van der Waals surface area contributed by atoms with Crippen molar-refractivity contribution in [2.75, 3.05) is 7.11 Å². The van der Waals surface area contributed by atoms with Gasteiger partial charge in [-0.3, -0.25) is 0 Å². The number of nitriles is 1. The Morgan fingerprint density at radius 3 is 2.65 bits per heavy atom. The number of methoxy groups -OCH3 is 1. The zero-order valence-electron chi connectivity index (χ0n) is 8.99. The molecule has 1 N–H and O–H groups in total. The molecule has 17 heavy (non-hydrogen) atoms. The second kappa shape index (κ2) is 5.32. The van der Waals surface area contributed by atoms with Crippen LogP contribution in [0.2, 0.25) is 10.2 Å². The van der Waals surface area contributed by atoms with Crippen LogP contribution in [0.1, 0.15) is 22.9 Å². The number of hydrogen-bond acceptors (Lipinski definition) is 5. The molecular weight excluding hydrogens is 267 g/mol. The Bertz CT molecular complexity index is 511. The minimum atomic E-state index is -1.59. The van der Waals surface area contributed by atoms with Crippen LogP contribution >= 0.6 is 23.2 Å². The Morgan fingerprint density at radius 2 is 2.18 bits per heavy atom. The molecule has 1 aromatic heterocycles. The summed E-state index contributed by atoms with van der Waals surface area (Å²) in [4.78, 5) is 15.1. The summed E-state index contributed by atoms with van der Waals surface area (Å²) < 4.78 is 4.39. The average Bonchev–Trinajstić information content (AvgIpc) is 2.27. The highest BCUT2D eigenvalue weighted by molar-refractivity contribution is 6.36. The Kier molecular flexibility index (Phi) is 4.29. The third-order valence-electron chi connectivity index (χ3n) is 2.13. The third-order valence-corrected chi connectivity index (χ3v) is 2.79. The van der Waals surface area contributed by atoms with E-state index < -0.39 is 12.1 Å². The van der Waals surface area contributed by atoms with Gasteiger partial charge in [0, 0.05) is 11.3 Å². The quantitative estimate of drug-likeness (QED) is 0.657. The van der Waals surface area contributed by atoms with Gasteiger partial charge in [-0.1, -0.05) is 23.2 Å². The van der Waals surface area contributed by atoms with E-state index in [0.29, 0.717) is 0 Å². The van der Waals surface area contributed by atoms with E-state index in [1.165, 1.54) is 6.92 Å². The molecular formula is C10H8Cl2N2O3. The number of esters is 1. The van der Waals surface area contributed by atoms with Crippen LogP contribution in [0, 0.1) is 18.3 Å². The van der Waals surface area contributed by atoms with Gasteiger partial charge in [0.2, 0.25) is 0 Å². The van der Waals surface area contributed by atoms with Crippen LogP contribution in [-0.4, -0.2) is 23.2 Å². The summed E-state index contributed by atoms with van der Waals surface area (Å²) in [5, 5.41) is 18.4. The first-order valence-electron chi connectivity index (χ1n) is 4.45. The second-order valence-corrected chi connectivity index (χ2v) is 3.86. The minimum absolute atomic E-state index is 0.0273. The maximum Gasteiger partial charge on any atom is 0.339 e. The molecule has 0 radical (unpaired) electrons. The molecule has 1 rings (SSSR count). The molecule has 0 saturated heterocycles. The minimum Gasteiger partial charge on any atom is -0.467 e. The summed E-state index contributed by atoms with van der Waals surface area (Å²) in [6.07, 6.45) is -1.59.